The van der Waals surface area contributed by atoms with Crippen LogP contribution in [0.3, 0.4) is 0 Å². The summed E-state index contributed by atoms with van der Waals surface area (Å²) in [5.41, 5.74) is 17.0. The van der Waals surface area contributed by atoms with Gasteiger partial charge in [-0.1, -0.05) is 111 Å². The predicted molar refractivity (Wildman–Crippen MR) is 198 cm³/mol. The van der Waals surface area contributed by atoms with Crippen LogP contribution in [0.25, 0.3) is 72.4 Å². The molecule has 224 valence electrons. The van der Waals surface area contributed by atoms with Crippen molar-refractivity contribution in [3.05, 3.63) is 162 Å². The van der Waals surface area contributed by atoms with Gasteiger partial charge in [0.15, 0.2) is 0 Å². The average molecular weight is 603 g/mol. The number of para-hydroxylation sites is 2. The van der Waals surface area contributed by atoms with Crippen molar-refractivity contribution in [3.8, 4) is 33.6 Å². The third-order valence-electron chi connectivity index (χ3n) is 10.8. The van der Waals surface area contributed by atoms with Gasteiger partial charge in [-0.05, 0) is 89.2 Å². The van der Waals surface area contributed by atoms with E-state index in [9.17, 15) is 0 Å². The Morgan fingerprint density at radius 3 is 2.09 bits per heavy atom. The lowest BCUT2D eigenvalue weighted by Gasteiger charge is -2.22. The SMILES string of the molecule is CC1(C)c2ccccc2-c2c(-n3c4c(c5cc(-c6ccc7c(c6)c6ccccc6n7-c6ccccc6)ccc53)C=CCC4)cccc21. The lowest BCUT2D eigenvalue weighted by atomic mass is 9.82. The van der Waals surface area contributed by atoms with E-state index in [1.807, 2.05) is 0 Å². The van der Waals surface area contributed by atoms with Crippen molar-refractivity contribution in [1.82, 2.24) is 9.13 Å². The fraction of sp³-hybridized carbons (Fsp3) is 0.111. The maximum atomic E-state index is 2.58. The predicted octanol–water partition coefficient (Wildman–Crippen LogP) is 11.7. The number of nitrogens with zero attached hydrogens (tertiary/aromatic N) is 2. The Hall–Kier alpha value is -5.60. The monoisotopic (exact) mass is 602 g/mol. The minimum absolute atomic E-state index is 0.0275. The van der Waals surface area contributed by atoms with Crippen LogP contribution < -0.4 is 0 Å². The van der Waals surface area contributed by atoms with Crippen molar-refractivity contribution >= 4 is 38.8 Å². The summed E-state index contributed by atoms with van der Waals surface area (Å²) in [5, 5.41) is 3.88. The van der Waals surface area contributed by atoms with Crippen molar-refractivity contribution in [2.45, 2.75) is 32.1 Å². The molecule has 0 saturated carbocycles. The molecule has 8 aromatic rings. The molecule has 2 aliphatic rings. The molecule has 2 heteroatoms. The highest BCUT2D eigenvalue weighted by Gasteiger charge is 2.37. The van der Waals surface area contributed by atoms with E-state index < -0.39 is 0 Å². The molecule has 0 amide bonds. The third kappa shape index (κ3) is 3.67. The van der Waals surface area contributed by atoms with Gasteiger partial charge in [0.05, 0.1) is 22.2 Å². The van der Waals surface area contributed by atoms with Crippen LogP contribution in [0.1, 0.15) is 42.7 Å². The van der Waals surface area contributed by atoms with E-state index >= 15 is 0 Å². The summed E-state index contributed by atoms with van der Waals surface area (Å²) >= 11 is 0. The Morgan fingerprint density at radius 1 is 0.553 bits per heavy atom. The molecular weight excluding hydrogens is 569 g/mol. The standard InChI is InChI=1S/C45H34N2/c1-45(2)37-18-9-6-17-34(37)44-38(45)19-12-22-43(44)47-40-21-11-8-16-33(40)36-28-30(24-26-42(36)47)29-23-25-41-35(27-29)32-15-7-10-20-39(32)46(41)31-13-4-3-5-14-31/h3-10,12-20,22-28H,11,21H2,1-2H3. The van der Waals surface area contributed by atoms with Crippen LogP contribution in [0.2, 0.25) is 0 Å². The van der Waals surface area contributed by atoms with E-state index in [0.29, 0.717) is 0 Å². The van der Waals surface area contributed by atoms with E-state index in [1.54, 1.807) is 0 Å². The van der Waals surface area contributed by atoms with Crippen molar-refractivity contribution in [2.24, 2.45) is 0 Å². The molecule has 10 rings (SSSR count). The topological polar surface area (TPSA) is 9.86 Å². The third-order valence-corrected chi connectivity index (χ3v) is 10.8. The van der Waals surface area contributed by atoms with Gasteiger partial charge in [0.25, 0.3) is 0 Å². The summed E-state index contributed by atoms with van der Waals surface area (Å²) in [5.74, 6) is 0. The maximum absolute atomic E-state index is 2.58. The average Bonchev–Trinajstić information content (AvgIpc) is 3.72. The van der Waals surface area contributed by atoms with Gasteiger partial charge in [-0.3, -0.25) is 0 Å². The van der Waals surface area contributed by atoms with Gasteiger partial charge < -0.3 is 9.13 Å². The largest absolute Gasteiger partial charge is 0.312 e. The zero-order valence-corrected chi connectivity index (χ0v) is 26.7. The second-order valence-corrected chi connectivity index (χ2v) is 13.7. The Kier molecular flexibility index (Phi) is 5.49. The number of hydrogen-bond acceptors (Lipinski definition) is 0. The van der Waals surface area contributed by atoms with Gasteiger partial charge in [-0.25, -0.2) is 0 Å². The van der Waals surface area contributed by atoms with Crippen molar-refractivity contribution in [1.29, 1.82) is 0 Å². The first kappa shape index (κ1) is 26.6. The van der Waals surface area contributed by atoms with Crippen molar-refractivity contribution < 1.29 is 0 Å². The number of fused-ring (bicyclic) bond motifs is 9. The van der Waals surface area contributed by atoms with Crippen LogP contribution in [-0.2, 0) is 11.8 Å². The fourth-order valence-electron chi connectivity index (χ4n) is 8.61. The summed E-state index contributed by atoms with van der Waals surface area (Å²) in [6.45, 7) is 4.74. The molecule has 2 aromatic heterocycles. The fourth-order valence-corrected chi connectivity index (χ4v) is 8.61. The molecule has 2 aliphatic carbocycles. The first-order valence-corrected chi connectivity index (χ1v) is 16.8. The van der Waals surface area contributed by atoms with E-state index in [4.69, 9.17) is 0 Å². The quantitative estimate of drug-likeness (QED) is 0.190. The van der Waals surface area contributed by atoms with Crippen LogP contribution >= 0.6 is 0 Å². The molecule has 0 N–H and O–H groups in total. The smallest absolute Gasteiger partial charge is 0.0541 e. The zero-order chi connectivity index (χ0) is 31.3. The van der Waals surface area contributed by atoms with Crippen molar-refractivity contribution in [2.75, 3.05) is 0 Å². The number of aromatic nitrogens is 2. The lowest BCUT2D eigenvalue weighted by molar-refractivity contribution is 0.660. The van der Waals surface area contributed by atoms with Gasteiger partial charge in [0, 0.05) is 44.1 Å². The van der Waals surface area contributed by atoms with Gasteiger partial charge in [-0.15, -0.1) is 0 Å². The minimum Gasteiger partial charge on any atom is -0.312 e. The second-order valence-electron chi connectivity index (χ2n) is 13.7. The van der Waals surface area contributed by atoms with Crippen LogP contribution in [0.15, 0.2) is 140 Å². The van der Waals surface area contributed by atoms with Gasteiger partial charge >= 0.3 is 0 Å². The van der Waals surface area contributed by atoms with Crippen LogP contribution in [0.4, 0.5) is 0 Å². The van der Waals surface area contributed by atoms with Gasteiger partial charge in [0.2, 0.25) is 0 Å². The summed E-state index contributed by atoms with van der Waals surface area (Å²) in [6.07, 6.45) is 6.81. The van der Waals surface area contributed by atoms with E-state index in [-0.39, 0.29) is 5.41 Å². The molecular formula is C45H34N2. The molecule has 0 spiro atoms. The summed E-state index contributed by atoms with van der Waals surface area (Å²) in [7, 11) is 0. The Labute approximate surface area is 274 Å². The highest BCUT2D eigenvalue weighted by Crippen LogP contribution is 2.52. The van der Waals surface area contributed by atoms with Gasteiger partial charge in [-0.2, -0.15) is 0 Å². The Bertz CT molecular complexity index is 2590. The molecule has 0 radical (unpaired) electrons. The highest BCUT2D eigenvalue weighted by atomic mass is 15.0. The van der Waals surface area contributed by atoms with E-state index in [0.717, 1.165) is 12.8 Å². The summed E-state index contributed by atoms with van der Waals surface area (Å²) < 4.78 is 4.96. The number of hydrogen-bond donors (Lipinski definition) is 0. The molecule has 2 nitrogen and oxygen atoms in total. The number of rotatable bonds is 3. The normalized spacial score (nSPS) is 14.5. The molecule has 0 bridgehead atoms. The highest BCUT2D eigenvalue weighted by molar-refractivity contribution is 6.10. The molecule has 0 aliphatic heterocycles. The van der Waals surface area contributed by atoms with Crippen LogP contribution in [0.5, 0.6) is 0 Å². The first-order chi connectivity index (χ1) is 23.1. The van der Waals surface area contributed by atoms with Crippen molar-refractivity contribution in [3.63, 3.8) is 0 Å². The summed E-state index contributed by atoms with van der Waals surface area (Å²) in [4.78, 5) is 0. The van der Waals surface area contributed by atoms with Crippen LogP contribution in [0, 0.1) is 0 Å². The second kappa shape index (κ2) is 9.70. The molecule has 0 saturated heterocycles. The molecule has 47 heavy (non-hydrogen) atoms. The number of benzene rings is 6. The minimum atomic E-state index is -0.0275. The molecule has 0 unspecified atom stereocenters. The lowest BCUT2D eigenvalue weighted by Crippen LogP contribution is -2.15. The Balaban J connectivity index is 1.18. The van der Waals surface area contributed by atoms with E-state index in [2.05, 4.69) is 169 Å². The maximum Gasteiger partial charge on any atom is 0.0541 e. The first-order valence-electron chi connectivity index (χ1n) is 16.8. The molecule has 0 fully saturated rings. The molecule has 2 heterocycles. The zero-order valence-electron chi connectivity index (χ0n) is 26.7. The Morgan fingerprint density at radius 2 is 1.23 bits per heavy atom. The molecule has 0 atom stereocenters. The van der Waals surface area contributed by atoms with E-state index in [1.165, 1.54) is 88.7 Å². The number of allylic oxidation sites excluding steroid dienone is 1. The molecule has 6 aromatic carbocycles. The van der Waals surface area contributed by atoms with Crippen LogP contribution in [-0.4, -0.2) is 9.13 Å². The summed E-state index contributed by atoms with van der Waals surface area (Å²) in [6, 6.07) is 49.5. The van der Waals surface area contributed by atoms with Gasteiger partial charge in [0.1, 0.15) is 0 Å².